The van der Waals surface area contributed by atoms with Gasteiger partial charge in [-0.3, -0.25) is 23.4 Å². The van der Waals surface area contributed by atoms with E-state index in [1.807, 2.05) is 0 Å². The number of phosphoric acid groups is 1. The zero-order valence-electron chi connectivity index (χ0n) is 49.1. The van der Waals surface area contributed by atoms with Crippen molar-refractivity contribution >= 4 is 25.7 Å². The van der Waals surface area contributed by atoms with E-state index in [1.54, 1.807) is 0 Å². The van der Waals surface area contributed by atoms with Crippen LogP contribution in [0.4, 0.5) is 0 Å². The highest BCUT2D eigenvalue weighted by Crippen LogP contribution is 2.43. The van der Waals surface area contributed by atoms with Gasteiger partial charge in [0, 0.05) is 31.3 Å². The van der Waals surface area contributed by atoms with Crippen LogP contribution in [0.25, 0.3) is 0 Å². The molecule has 0 aliphatic carbocycles. The van der Waals surface area contributed by atoms with Crippen molar-refractivity contribution in [2.24, 2.45) is 0 Å². The summed E-state index contributed by atoms with van der Waals surface area (Å²) < 4.78 is 64.1. The minimum atomic E-state index is -4.63. The van der Waals surface area contributed by atoms with E-state index < -0.39 is 51.6 Å². The van der Waals surface area contributed by atoms with Gasteiger partial charge >= 0.3 is 19.8 Å². The molecule has 70 heavy (non-hydrogen) atoms. The van der Waals surface area contributed by atoms with Crippen LogP contribution < -0.4 is 5.32 Å². The lowest BCUT2D eigenvalue weighted by atomic mass is 10.1. The van der Waals surface area contributed by atoms with Crippen molar-refractivity contribution in [1.29, 1.82) is 0 Å². The van der Waals surface area contributed by atoms with Crippen molar-refractivity contribution in [2.45, 2.75) is 296 Å². The molecule has 0 fully saturated rings. The molecule has 0 aliphatic heterocycles. The molecular weight excluding hydrogens is 898 g/mol. The Morgan fingerprint density at radius 3 is 1.30 bits per heavy atom. The molecule has 0 saturated carbocycles. The summed E-state index contributed by atoms with van der Waals surface area (Å²) >= 11 is 0. The fraction of sp³-hybridized carbons (Fsp3) is 0.847. The van der Waals surface area contributed by atoms with Gasteiger partial charge in [-0.1, -0.05) is 211 Å². The normalized spacial score (nSPS) is 14.6. The molecule has 0 aliphatic rings. The van der Waals surface area contributed by atoms with Crippen LogP contribution in [0.1, 0.15) is 296 Å². The van der Waals surface area contributed by atoms with Gasteiger partial charge < -0.3 is 19.7 Å². The van der Waals surface area contributed by atoms with Crippen molar-refractivity contribution in [3.8, 4) is 0 Å². The number of hydrogen-bond donors (Lipinski definition) is 2. The third-order valence-corrected chi connectivity index (χ3v) is 13.4. The monoisotopic (exact) mass is 1010 g/mol. The fourth-order valence-corrected chi connectivity index (χ4v) is 8.82. The van der Waals surface area contributed by atoms with Crippen molar-refractivity contribution in [1.82, 2.24) is 5.32 Å². The number of hydrogen-bond acceptors (Lipinski definition) is 8. The number of carbonyl (C=O) groups is 3. The number of phosphoric ester groups is 1. The highest BCUT2D eigenvalue weighted by molar-refractivity contribution is 7.47. The molecular formula is C59H110NO9P. The molecule has 0 heterocycles. The summed E-state index contributed by atoms with van der Waals surface area (Å²) in [6.07, 6.45) is 53.3. The Kier molecular flexibility index (Phi) is 47.0. The number of allylic oxidation sites excluding steroid dienone is 6. The first-order valence-electron chi connectivity index (χ1n) is 31.0. The fourth-order valence-electron chi connectivity index (χ4n) is 8.07. The van der Waals surface area contributed by atoms with Crippen LogP contribution in [-0.2, 0) is 37.5 Å². The van der Waals surface area contributed by atoms with Crippen molar-refractivity contribution < 1.29 is 47.8 Å². The van der Waals surface area contributed by atoms with Crippen LogP contribution >= 0.6 is 7.82 Å². The van der Waals surface area contributed by atoms with Crippen molar-refractivity contribution in [3.05, 3.63) is 36.5 Å². The minimum Gasteiger partial charge on any atom is -0.462 e. The van der Waals surface area contributed by atoms with Gasteiger partial charge in [0.2, 0.25) is 5.91 Å². The molecule has 10 nitrogen and oxygen atoms in total. The number of esters is 2. The van der Waals surface area contributed by atoms with E-state index in [1.165, 1.54) is 77.0 Å². The quantitative estimate of drug-likeness (QED) is 0.0264. The lowest BCUT2D eigenvalue weighted by Crippen LogP contribution is -2.30. The van der Waals surface area contributed by atoms with E-state index in [9.17, 15) is 23.8 Å². The molecule has 0 bridgehead atoms. The number of ether oxygens (including phenoxy) is 2. The van der Waals surface area contributed by atoms with Gasteiger partial charge in [-0.25, -0.2) is 4.57 Å². The molecule has 0 aromatic rings. The summed E-state index contributed by atoms with van der Waals surface area (Å²) in [4.78, 5) is 48.4. The van der Waals surface area contributed by atoms with Gasteiger partial charge in [0.05, 0.1) is 13.2 Å². The second kappa shape index (κ2) is 54.5. The summed E-state index contributed by atoms with van der Waals surface area (Å²) in [6, 6.07) is 0. The summed E-state index contributed by atoms with van der Waals surface area (Å²) in [7, 11) is -4.63. The van der Waals surface area contributed by atoms with Crippen LogP contribution in [0, 0.1) is 0 Å². The molecule has 410 valence electrons. The average Bonchev–Trinajstić information content (AvgIpc) is 3.36. The van der Waals surface area contributed by atoms with E-state index >= 15 is 0 Å². The number of unbranched alkanes of at least 4 members (excludes halogenated alkanes) is 31. The number of carbonyl (C=O) groups excluding carboxylic acids is 3. The van der Waals surface area contributed by atoms with Gasteiger partial charge in [-0.05, 0) is 96.3 Å². The standard InChI is InChI=1S/C59H110NO9P/c1-4-7-10-13-16-19-22-25-28-31-34-37-40-43-46-49-57(61)60-52-53-67-70(64,65)68-55-56(69-59(63)51-48-45-42-39-36-33-30-27-24-21-18-15-12-9-6-3)54-66-58(62)50-47-44-41-38-35-32-29-26-23-20-17-14-11-8-5-2/h25-30,56H,4-24,31-55H2,1-3H3,(H,60,61)(H,64,65)/b28-25-,29-26-,30-27-/t56-/m1/s1/i1D3,49D/t49?,56-. The van der Waals surface area contributed by atoms with Gasteiger partial charge in [0.1, 0.15) is 6.61 Å². The zero-order chi connectivity index (χ0) is 54.5. The molecule has 0 radical (unpaired) electrons. The maximum absolute atomic E-state index is 12.9. The molecule has 2 unspecified atom stereocenters. The summed E-state index contributed by atoms with van der Waals surface area (Å²) in [5.74, 6) is -1.41. The van der Waals surface area contributed by atoms with Gasteiger partial charge in [-0.15, -0.1) is 0 Å². The average molecular weight is 1010 g/mol. The Morgan fingerprint density at radius 2 is 0.871 bits per heavy atom. The topological polar surface area (TPSA) is 137 Å². The SMILES string of the molecule is [2H]C(CCCCCC/C=C\CCCCCCCC([2H])([2H])[2H])C(=O)NCCOP(=O)(O)OC[C@@H](COC(=O)CCCCCCC/C=C\CCCCCCCC)OC(=O)CCCCCCC/C=C\CCCCCCCC. The molecule has 3 atom stereocenters. The van der Waals surface area contributed by atoms with Gasteiger partial charge in [-0.2, -0.15) is 0 Å². The number of nitrogens with one attached hydrogen (secondary N) is 1. The van der Waals surface area contributed by atoms with E-state index in [-0.39, 0.29) is 32.6 Å². The maximum atomic E-state index is 12.9. The zero-order valence-corrected chi connectivity index (χ0v) is 46.0. The molecule has 0 rings (SSSR count). The van der Waals surface area contributed by atoms with Crippen LogP contribution in [0.3, 0.4) is 0 Å². The van der Waals surface area contributed by atoms with E-state index in [0.29, 0.717) is 25.7 Å². The first-order valence-corrected chi connectivity index (χ1v) is 30.4. The molecule has 11 heteroatoms. The predicted octanol–water partition coefficient (Wildman–Crippen LogP) is 17.8. The lowest BCUT2D eigenvalue weighted by Gasteiger charge is -2.20. The highest BCUT2D eigenvalue weighted by atomic mass is 31.2. The van der Waals surface area contributed by atoms with Gasteiger partial charge in [0.15, 0.2) is 6.10 Å². The Hall–Kier alpha value is -2.26. The molecule has 2 N–H and O–H groups in total. The highest BCUT2D eigenvalue weighted by Gasteiger charge is 2.26. The number of rotatable bonds is 55. The van der Waals surface area contributed by atoms with E-state index in [2.05, 4.69) is 55.6 Å². The second-order valence-corrected chi connectivity index (χ2v) is 20.8. The number of amides is 1. The first kappa shape index (κ1) is 60.3. The largest absolute Gasteiger partial charge is 0.472 e. The third-order valence-electron chi connectivity index (χ3n) is 12.5. The summed E-state index contributed by atoms with van der Waals surface area (Å²) in [6.45, 7) is 1.40. The van der Waals surface area contributed by atoms with E-state index in [0.717, 1.165) is 148 Å². The van der Waals surface area contributed by atoms with Gasteiger partial charge in [0.25, 0.3) is 0 Å². The Balaban J connectivity index is 4.59. The first-order chi connectivity index (χ1) is 35.8. The van der Waals surface area contributed by atoms with Crippen LogP contribution in [0.5, 0.6) is 0 Å². The molecule has 0 spiro atoms. The predicted molar refractivity (Wildman–Crippen MR) is 294 cm³/mol. The lowest BCUT2D eigenvalue weighted by molar-refractivity contribution is -0.161. The van der Waals surface area contributed by atoms with Crippen molar-refractivity contribution in [3.63, 3.8) is 0 Å². The summed E-state index contributed by atoms with van der Waals surface area (Å²) in [5.41, 5.74) is 0. The Morgan fingerprint density at radius 1 is 0.500 bits per heavy atom. The molecule has 1 amide bonds. The van der Waals surface area contributed by atoms with Crippen molar-refractivity contribution in [2.75, 3.05) is 26.4 Å². The molecule has 0 aromatic carbocycles. The minimum absolute atomic E-state index is 0.0958. The van der Waals surface area contributed by atoms with Crippen LogP contribution in [-0.4, -0.2) is 55.2 Å². The van der Waals surface area contributed by atoms with Crippen LogP contribution in [0.2, 0.25) is 0 Å². The third kappa shape index (κ3) is 53.5. The smallest absolute Gasteiger partial charge is 0.462 e. The van der Waals surface area contributed by atoms with Crippen LogP contribution in [0.15, 0.2) is 36.5 Å². The second-order valence-electron chi connectivity index (χ2n) is 19.3. The summed E-state index contributed by atoms with van der Waals surface area (Å²) in [5, 5.41) is 2.58. The maximum Gasteiger partial charge on any atom is 0.472 e. The molecule has 0 saturated heterocycles. The Bertz CT molecular complexity index is 1450. The Labute approximate surface area is 436 Å². The van der Waals surface area contributed by atoms with E-state index in [4.69, 9.17) is 24.0 Å². The molecule has 0 aromatic heterocycles.